The van der Waals surface area contributed by atoms with Gasteiger partial charge in [-0.3, -0.25) is 4.98 Å². The number of halogens is 5. The zero-order valence-electron chi connectivity index (χ0n) is 14.8. The second-order valence-electron chi connectivity index (χ2n) is 6.27. The lowest BCUT2D eigenvalue weighted by Crippen LogP contribution is -2.17. The number of fused-ring (bicyclic) bond motifs is 1. The Hall–Kier alpha value is -2.31. The predicted octanol–water partition coefficient (Wildman–Crippen LogP) is 6.72. The first-order valence-corrected chi connectivity index (χ1v) is 8.97. The van der Waals surface area contributed by atoms with Gasteiger partial charge in [0, 0.05) is 17.0 Å². The number of aldehydes is 1. The zero-order chi connectivity index (χ0) is 20.6. The van der Waals surface area contributed by atoms with E-state index >= 15 is 0 Å². The van der Waals surface area contributed by atoms with Gasteiger partial charge in [-0.05, 0) is 53.9 Å². The van der Waals surface area contributed by atoms with E-state index in [0.29, 0.717) is 38.3 Å². The van der Waals surface area contributed by atoms with E-state index in [1.165, 1.54) is 18.2 Å². The summed E-state index contributed by atoms with van der Waals surface area (Å²) in [6.07, 6.45) is -4.07. The topological polar surface area (TPSA) is 39.2 Å². The maximum absolute atomic E-state index is 12.7. The van der Waals surface area contributed by atoms with Gasteiger partial charge in [0.1, 0.15) is 12.0 Å². The van der Waals surface area contributed by atoms with Gasteiger partial charge in [-0.15, -0.1) is 13.2 Å². The van der Waals surface area contributed by atoms with Gasteiger partial charge in [-0.25, -0.2) is 0 Å². The summed E-state index contributed by atoms with van der Waals surface area (Å²) < 4.78 is 42.1. The van der Waals surface area contributed by atoms with Crippen molar-refractivity contribution in [2.75, 3.05) is 0 Å². The maximum Gasteiger partial charge on any atom is 0.573 e. The van der Waals surface area contributed by atoms with Gasteiger partial charge in [-0.2, -0.15) is 0 Å². The molecule has 0 saturated heterocycles. The summed E-state index contributed by atoms with van der Waals surface area (Å²) in [6.45, 7) is 3.44. The Labute approximate surface area is 169 Å². The average Bonchev–Trinajstić information content (AvgIpc) is 2.61. The summed E-state index contributed by atoms with van der Waals surface area (Å²) in [5.74, 6) is -0.912. The molecule has 0 aliphatic heterocycles. The van der Waals surface area contributed by atoms with Gasteiger partial charge in [-0.1, -0.05) is 36.2 Å². The Morgan fingerprint density at radius 2 is 1.82 bits per heavy atom. The summed E-state index contributed by atoms with van der Waals surface area (Å²) in [5.41, 5.74) is 2.84. The summed E-state index contributed by atoms with van der Waals surface area (Å²) in [6, 6.07) is 8.79. The molecule has 3 nitrogen and oxygen atoms in total. The number of aromatic nitrogens is 1. The van der Waals surface area contributed by atoms with Crippen molar-refractivity contribution < 1.29 is 22.7 Å². The Balaban J connectivity index is 2.38. The van der Waals surface area contributed by atoms with Crippen LogP contribution in [0.5, 0.6) is 5.75 Å². The van der Waals surface area contributed by atoms with Gasteiger partial charge in [0.05, 0.1) is 15.6 Å². The third-order valence-electron chi connectivity index (χ3n) is 4.29. The van der Waals surface area contributed by atoms with Crippen LogP contribution in [0.2, 0.25) is 10.0 Å². The smallest absolute Gasteiger partial charge is 0.406 e. The molecule has 1 atom stereocenters. The third-order valence-corrected chi connectivity index (χ3v) is 5.02. The van der Waals surface area contributed by atoms with E-state index < -0.39 is 12.3 Å². The zero-order valence-corrected chi connectivity index (χ0v) is 16.3. The minimum absolute atomic E-state index is 0.286. The molecule has 0 fully saturated rings. The summed E-state index contributed by atoms with van der Waals surface area (Å²) in [7, 11) is 0. The molecule has 0 saturated carbocycles. The number of pyridine rings is 1. The van der Waals surface area contributed by atoms with Crippen LogP contribution < -0.4 is 4.74 Å². The lowest BCUT2D eigenvalue weighted by atomic mass is 9.88. The predicted molar refractivity (Wildman–Crippen MR) is 103 cm³/mol. The SMILES string of the molecule is Cc1nc2ccc(OC(F)(F)F)cc2c(-c2ccc(Cl)c(Cl)c2)c1C(C)C=O. The molecule has 0 N–H and O–H groups in total. The summed E-state index contributed by atoms with van der Waals surface area (Å²) in [4.78, 5) is 16.0. The van der Waals surface area contributed by atoms with E-state index in [1.54, 1.807) is 32.0 Å². The first-order valence-electron chi connectivity index (χ1n) is 8.21. The fourth-order valence-corrected chi connectivity index (χ4v) is 3.46. The molecule has 0 bridgehead atoms. The van der Waals surface area contributed by atoms with Crippen LogP contribution in [0, 0.1) is 6.92 Å². The fourth-order valence-electron chi connectivity index (χ4n) is 3.16. The van der Waals surface area contributed by atoms with Crippen LogP contribution in [0.15, 0.2) is 36.4 Å². The average molecular weight is 428 g/mol. The molecule has 8 heteroatoms. The number of benzene rings is 2. The van der Waals surface area contributed by atoms with Gasteiger partial charge < -0.3 is 9.53 Å². The fraction of sp³-hybridized carbons (Fsp3) is 0.200. The Morgan fingerprint density at radius 1 is 1.11 bits per heavy atom. The molecule has 1 unspecified atom stereocenters. The molecule has 0 aliphatic rings. The number of carbonyl (C=O) groups is 1. The molecule has 3 rings (SSSR count). The molecular weight excluding hydrogens is 414 g/mol. The van der Waals surface area contributed by atoms with Crippen LogP contribution in [0.1, 0.15) is 24.1 Å². The van der Waals surface area contributed by atoms with Gasteiger partial charge in [0.15, 0.2) is 0 Å². The van der Waals surface area contributed by atoms with Crippen molar-refractivity contribution in [3.8, 4) is 16.9 Å². The molecule has 3 aromatic rings. The largest absolute Gasteiger partial charge is 0.573 e. The summed E-state index contributed by atoms with van der Waals surface area (Å²) in [5, 5.41) is 1.04. The molecule has 28 heavy (non-hydrogen) atoms. The second kappa shape index (κ2) is 7.60. The maximum atomic E-state index is 12.7. The minimum atomic E-state index is -4.82. The van der Waals surface area contributed by atoms with E-state index in [4.69, 9.17) is 23.2 Å². The first kappa shape index (κ1) is 20.4. The highest BCUT2D eigenvalue weighted by atomic mass is 35.5. The number of hydrogen-bond acceptors (Lipinski definition) is 3. The standard InChI is InChI=1S/C20H14Cl2F3NO2/c1-10(9-27)18-11(2)26-17-6-4-13(28-20(23,24)25)8-14(17)19(18)12-3-5-15(21)16(22)7-12/h3-10H,1-2H3. The van der Waals surface area contributed by atoms with Crippen LogP contribution in [-0.2, 0) is 4.79 Å². The number of alkyl halides is 3. The molecule has 0 radical (unpaired) electrons. The van der Waals surface area contributed by atoms with Crippen LogP contribution in [0.3, 0.4) is 0 Å². The quantitative estimate of drug-likeness (QED) is 0.433. The molecule has 2 aromatic carbocycles. The highest BCUT2D eigenvalue weighted by Crippen LogP contribution is 2.40. The van der Waals surface area contributed by atoms with Gasteiger partial charge in [0.2, 0.25) is 0 Å². The van der Waals surface area contributed by atoms with Crippen LogP contribution in [0.4, 0.5) is 13.2 Å². The van der Waals surface area contributed by atoms with E-state index in [2.05, 4.69) is 9.72 Å². The number of rotatable bonds is 4. The lowest BCUT2D eigenvalue weighted by molar-refractivity contribution is -0.274. The van der Waals surface area contributed by atoms with Crippen molar-refractivity contribution in [1.29, 1.82) is 0 Å². The number of carbonyl (C=O) groups excluding carboxylic acids is 1. The van der Waals surface area contributed by atoms with Crippen LogP contribution in [0.25, 0.3) is 22.0 Å². The molecular formula is C20H14Cl2F3NO2. The van der Waals surface area contributed by atoms with Crippen molar-refractivity contribution in [2.24, 2.45) is 0 Å². The first-order chi connectivity index (χ1) is 13.1. The molecule has 1 aromatic heterocycles. The number of aryl methyl sites for hydroxylation is 1. The molecule has 0 spiro atoms. The summed E-state index contributed by atoms with van der Waals surface area (Å²) >= 11 is 12.1. The monoisotopic (exact) mass is 427 g/mol. The minimum Gasteiger partial charge on any atom is -0.406 e. The molecule has 0 amide bonds. The van der Waals surface area contributed by atoms with Crippen molar-refractivity contribution in [3.05, 3.63) is 57.7 Å². The van der Waals surface area contributed by atoms with Gasteiger partial charge in [0.25, 0.3) is 0 Å². The van der Waals surface area contributed by atoms with Crippen LogP contribution >= 0.6 is 23.2 Å². The van der Waals surface area contributed by atoms with E-state index in [9.17, 15) is 18.0 Å². The Morgan fingerprint density at radius 3 is 2.43 bits per heavy atom. The van der Waals surface area contributed by atoms with Crippen LogP contribution in [-0.4, -0.2) is 17.6 Å². The van der Waals surface area contributed by atoms with E-state index in [0.717, 1.165) is 6.29 Å². The number of hydrogen-bond donors (Lipinski definition) is 0. The van der Waals surface area contributed by atoms with Crippen molar-refractivity contribution >= 4 is 40.4 Å². The molecule has 146 valence electrons. The highest BCUT2D eigenvalue weighted by Gasteiger charge is 2.31. The molecule has 0 aliphatic carbocycles. The molecule has 1 heterocycles. The number of ether oxygens (including phenoxy) is 1. The van der Waals surface area contributed by atoms with Crippen molar-refractivity contribution in [3.63, 3.8) is 0 Å². The Bertz CT molecular complexity index is 1070. The third kappa shape index (κ3) is 4.08. The number of nitrogens with zero attached hydrogens (tertiary/aromatic N) is 1. The lowest BCUT2D eigenvalue weighted by Gasteiger charge is -2.19. The van der Waals surface area contributed by atoms with Gasteiger partial charge >= 0.3 is 6.36 Å². The van der Waals surface area contributed by atoms with Crippen molar-refractivity contribution in [1.82, 2.24) is 4.98 Å². The normalized spacial score (nSPS) is 12.8. The van der Waals surface area contributed by atoms with Crippen molar-refractivity contribution in [2.45, 2.75) is 26.1 Å². The van der Waals surface area contributed by atoms with E-state index in [-0.39, 0.29) is 10.8 Å². The Kier molecular flexibility index (Phi) is 5.55. The van der Waals surface area contributed by atoms with E-state index in [1.807, 2.05) is 0 Å². The highest BCUT2D eigenvalue weighted by molar-refractivity contribution is 6.42. The second-order valence-corrected chi connectivity index (χ2v) is 7.08.